The fourth-order valence-electron chi connectivity index (χ4n) is 13.4. The second-order valence-electron chi connectivity index (χ2n) is 26.7. The minimum atomic E-state index is -1.06. The highest BCUT2D eigenvalue weighted by Crippen LogP contribution is 2.37. The van der Waals surface area contributed by atoms with Gasteiger partial charge in [0, 0.05) is 31.4 Å². The number of aromatic nitrogens is 6. The smallest absolute Gasteiger partial charge is 0.407 e. The molecule has 0 bridgehead atoms. The molecule has 3 aromatic heterocycles. The lowest BCUT2D eigenvalue weighted by molar-refractivity contribution is -0.148. The van der Waals surface area contributed by atoms with Crippen LogP contribution in [0.3, 0.4) is 0 Å². The van der Waals surface area contributed by atoms with Crippen molar-refractivity contribution in [2.75, 3.05) is 47.5 Å². The van der Waals surface area contributed by atoms with E-state index in [0.717, 1.165) is 131 Å². The number of H-pyrrole nitrogens is 3. The van der Waals surface area contributed by atoms with E-state index in [4.69, 9.17) is 19.6 Å². The molecule has 0 saturated carbocycles. The first kappa shape index (κ1) is 71.0. The van der Waals surface area contributed by atoms with Gasteiger partial charge in [-0.25, -0.2) is 29.3 Å². The van der Waals surface area contributed by atoms with E-state index in [1.54, 1.807) is 13.8 Å². The number of allylic oxidation sites excluding steroid dienone is 1. The molecule has 0 unspecified atom stereocenters. The molecule has 0 spiro atoms. The molecule has 8 N–H and O–H groups in total. The van der Waals surface area contributed by atoms with E-state index in [1.807, 2.05) is 62.3 Å². The van der Waals surface area contributed by atoms with Crippen LogP contribution in [-0.4, -0.2) is 152 Å². The van der Waals surface area contributed by atoms with E-state index < -0.39 is 36.2 Å². The number of esters is 1. The number of nitrogens with one attached hydrogen (secondary N) is 7. The molecular formula is C75H93N13O10. The van der Waals surface area contributed by atoms with Crippen LogP contribution in [0.4, 0.5) is 9.59 Å². The molecule has 4 aromatic carbocycles. The van der Waals surface area contributed by atoms with Crippen molar-refractivity contribution in [3.05, 3.63) is 145 Å². The predicted octanol–water partition coefficient (Wildman–Crippen LogP) is 12.2. The summed E-state index contributed by atoms with van der Waals surface area (Å²) in [5.41, 5.74) is 14.1. The third kappa shape index (κ3) is 17.3. The number of carbonyl (C=O) groups is 6. The molecule has 7 atom stereocenters. The molecule has 5 aliphatic heterocycles. The molecule has 4 amide bonds. The number of methoxy groups -OCH3 is 3. The molecule has 7 aromatic rings. The van der Waals surface area contributed by atoms with Crippen molar-refractivity contribution in [3.8, 4) is 56.0 Å². The van der Waals surface area contributed by atoms with Gasteiger partial charge in [-0.05, 0) is 132 Å². The molecule has 8 heterocycles. The van der Waals surface area contributed by atoms with Gasteiger partial charge in [0.15, 0.2) is 0 Å². The Labute approximate surface area is 572 Å². The Balaban J connectivity index is 0.000000197. The summed E-state index contributed by atoms with van der Waals surface area (Å²) in [4.78, 5) is 105. The van der Waals surface area contributed by atoms with Crippen LogP contribution in [0.25, 0.3) is 61.6 Å². The van der Waals surface area contributed by atoms with Gasteiger partial charge in [0.2, 0.25) is 11.8 Å². The summed E-state index contributed by atoms with van der Waals surface area (Å²) in [5, 5.41) is 20.5. The minimum Gasteiger partial charge on any atom is -0.480 e. The highest BCUT2D eigenvalue weighted by Gasteiger charge is 2.40. The van der Waals surface area contributed by atoms with Crippen LogP contribution >= 0.6 is 0 Å². The Hall–Kier alpha value is -9.74. The molecule has 0 radical (unpaired) electrons. The lowest BCUT2D eigenvalue weighted by atomic mass is 9.90. The third-order valence-electron chi connectivity index (χ3n) is 19.1. The number of aliphatic carboxylic acids is 1. The van der Waals surface area contributed by atoms with E-state index in [-0.39, 0.29) is 54.0 Å². The zero-order valence-corrected chi connectivity index (χ0v) is 57.5. The zero-order chi connectivity index (χ0) is 69.6. The molecule has 4 saturated heterocycles. The van der Waals surface area contributed by atoms with Gasteiger partial charge in [-0.3, -0.25) is 19.4 Å². The lowest BCUT2D eigenvalue weighted by Crippen LogP contribution is -2.51. The molecule has 518 valence electrons. The van der Waals surface area contributed by atoms with Crippen molar-refractivity contribution in [3.63, 3.8) is 0 Å². The van der Waals surface area contributed by atoms with Gasteiger partial charge in [-0.15, -0.1) is 0 Å². The zero-order valence-electron chi connectivity index (χ0n) is 57.5. The number of hydrogen-bond donors (Lipinski definition) is 8. The van der Waals surface area contributed by atoms with Crippen LogP contribution in [0.15, 0.2) is 127 Å². The van der Waals surface area contributed by atoms with Gasteiger partial charge in [0.05, 0.1) is 93.5 Å². The number of carboxylic acids is 1. The second-order valence-corrected chi connectivity index (χ2v) is 26.7. The summed E-state index contributed by atoms with van der Waals surface area (Å²) >= 11 is 0. The Morgan fingerprint density at radius 2 is 0.908 bits per heavy atom. The maximum atomic E-state index is 13.6. The summed E-state index contributed by atoms with van der Waals surface area (Å²) in [6.07, 6.45) is 15.2. The fourth-order valence-corrected chi connectivity index (χ4v) is 13.4. The van der Waals surface area contributed by atoms with Crippen molar-refractivity contribution in [1.82, 2.24) is 61.0 Å². The first-order valence-electron chi connectivity index (χ1n) is 34.2. The average Bonchev–Trinajstić information content (AvgIpc) is 1.64. The fraction of sp³-hybridized carbons (Fsp3) is 0.440. The monoisotopic (exact) mass is 1340 g/mol. The Morgan fingerprint density at radius 1 is 0.500 bits per heavy atom. The molecule has 98 heavy (non-hydrogen) atoms. The molecule has 5 aliphatic rings. The first-order chi connectivity index (χ1) is 47.3. The number of likely N-dealkylation sites (tertiary alicyclic amines) is 2. The second kappa shape index (κ2) is 33.0. The standard InChI is InChI=1S/C42H52N6O6.C26H28N6.C7H13NO4/c1-25(2)32(22-37(49)53-5)40(50)47-19-7-9-35(47)33-21-31(23-43-33)29-13-11-27(12-14-29)28-15-17-30(18-16-28)34-24-44-39(45-34)36-10-8-20-48(36)41(51)38(26(3)4)46-42(52)54-6;1-3-21(27-13-1)25-29-15-23(31-25)19-9-5-17(6-10-19)18-7-11-20(12-8-18)24-16-30-26(32-24)22-4-2-14-28-22;1-4(2)5(6(9)10)8-7(11)12-3/h11-18,23-26,32,35-36,38H,7-10,19-22H2,1-6H3,(H,44,45)(H,46,52);5-12,15-16,21-22,27-28H,1-4,13-14H2,(H,29,31)(H,30,32);4-5H,1-3H3,(H,8,11)(H,9,10)/t32-,35-,36-,38-;21-,22-;5-/m000/s1. The molecule has 4 fully saturated rings. The highest BCUT2D eigenvalue weighted by atomic mass is 16.5. The number of amides is 4. The van der Waals surface area contributed by atoms with Crippen LogP contribution in [0.1, 0.15) is 147 Å². The third-order valence-corrected chi connectivity index (χ3v) is 19.1. The van der Waals surface area contributed by atoms with Gasteiger partial charge in [0.1, 0.15) is 29.6 Å². The molecule has 23 nitrogen and oxygen atoms in total. The normalized spacial score (nSPS) is 19.0. The number of hydrogen-bond acceptors (Lipinski definition) is 15. The van der Waals surface area contributed by atoms with E-state index in [9.17, 15) is 28.8 Å². The first-order valence-corrected chi connectivity index (χ1v) is 34.2. The number of benzene rings is 4. The van der Waals surface area contributed by atoms with Crippen LogP contribution in [0.5, 0.6) is 0 Å². The maximum Gasteiger partial charge on any atom is 0.407 e. The van der Waals surface area contributed by atoms with Crippen LogP contribution < -0.4 is 21.3 Å². The topological polar surface area (TPSA) is 303 Å². The SMILES string of the molecule is COC(=O)C[C@H](C(=O)N1CCC[C@H]1C1=NC=C(c2ccc(-c3ccc(-c4cnc([C@@H]5CCCN5C(=O)[C@@H](NC(=O)OC)C(C)C)[nH]4)cc3)cc2)C1)C(C)C.COC(=O)N[C@H](C(=O)O)C(C)C.c1cc(-c2cnc([C@@H]3CCCN3)[nH]2)ccc1-c1ccc(-c2cnc([C@@H]3CCCN3)[nH]2)cc1. The summed E-state index contributed by atoms with van der Waals surface area (Å²) in [6.45, 7) is 14.6. The lowest BCUT2D eigenvalue weighted by Gasteiger charge is -2.30. The average molecular weight is 1340 g/mol. The molecule has 23 heteroatoms. The van der Waals surface area contributed by atoms with E-state index in [1.165, 1.54) is 45.3 Å². The van der Waals surface area contributed by atoms with Crippen molar-refractivity contribution in [2.45, 2.75) is 142 Å². The summed E-state index contributed by atoms with van der Waals surface area (Å²) in [5.74, 6) is 0.630. The Bertz CT molecular complexity index is 3820. The van der Waals surface area contributed by atoms with Crippen LogP contribution in [0, 0.1) is 23.7 Å². The predicted molar refractivity (Wildman–Crippen MR) is 376 cm³/mol. The molecule has 12 rings (SSSR count). The largest absolute Gasteiger partial charge is 0.480 e. The number of imidazole rings is 3. The van der Waals surface area contributed by atoms with Crippen molar-refractivity contribution in [1.29, 1.82) is 0 Å². The summed E-state index contributed by atoms with van der Waals surface area (Å²) in [6, 6.07) is 33.1. The van der Waals surface area contributed by atoms with Gasteiger partial charge in [-0.2, -0.15) is 0 Å². The van der Waals surface area contributed by atoms with E-state index in [0.29, 0.717) is 31.6 Å². The van der Waals surface area contributed by atoms with Crippen LogP contribution in [-0.2, 0) is 33.4 Å². The summed E-state index contributed by atoms with van der Waals surface area (Å²) < 4.78 is 13.9. The summed E-state index contributed by atoms with van der Waals surface area (Å²) in [7, 11) is 3.84. The number of carboxylic acid groups (broad SMARTS) is 1. The Kier molecular flexibility index (Phi) is 23.9. The number of nitrogens with zero attached hydrogens (tertiary/aromatic N) is 6. The number of aliphatic imine (C=N–C) groups is 1. The van der Waals surface area contributed by atoms with Crippen LogP contribution in [0.2, 0.25) is 0 Å². The van der Waals surface area contributed by atoms with Crippen molar-refractivity contribution in [2.24, 2.45) is 28.7 Å². The van der Waals surface area contributed by atoms with Crippen molar-refractivity contribution < 1.29 is 48.1 Å². The number of ether oxygens (including phenoxy) is 3. The van der Waals surface area contributed by atoms with Gasteiger partial charge in [-0.1, -0.05) is 139 Å². The molecular weight excluding hydrogens is 1240 g/mol. The minimum absolute atomic E-state index is 0.0102. The number of alkyl carbamates (subject to hydrolysis) is 2. The molecule has 0 aliphatic carbocycles. The number of rotatable bonds is 20. The van der Waals surface area contributed by atoms with Gasteiger partial charge in [0.25, 0.3) is 0 Å². The quantitative estimate of drug-likeness (QED) is 0.0260. The Morgan fingerprint density at radius 3 is 1.32 bits per heavy atom. The number of aromatic amines is 3. The van der Waals surface area contributed by atoms with Gasteiger partial charge >= 0.3 is 24.1 Å². The van der Waals surface area contributed by atoms with Gasteiger partial charge < -0.3 is 65.3 Å². The maximum absolute atomic E-state index is 13.6. The van der Waals surface area contributed by atoms with Crippen molar-refractivity contribution >= 4 is 47.2 Å². The number of carbonyl (C=O) groups excluding carboxylic acids is 5. The van der Waals surface area contributed by atoms with E-state index in [2.05, 4.69) is 153 Å². The highest BCUT2D eigenvalue weighted by molar-refractivity contribution is 6.03. The van der Waals surface area contributed by atoms with E-state index >= 15 is 0 Å².